The van der Waals surface area contributed by atoms with Crippen molar-refractivity contribution in [3.63, 3.8) is 0 Å². The zero-order valence-corrected chi connectivity index (χ0v) is 12.3. The van der Waals surface area contributed by atoms with Crippen molar-refractivity contribution in [2.24, 2.45) is 5.92 Å². The molecule has 3 aliphatic rings. The summed E-state index contributed by atoms with van der Waals surface area (Å²) in [6.07, 6.45) is 6.51. The minimum absolute atomic E-state index is 0.0337. The highest BCUT2D eigenvalue weighted by atomic mass is 16.5. The van der Waals surface area contributed by atoms with Gasteiger partial charge < -0.3 is 14.5 Å². The summed E-state index contributed by atoms with van der Waals surface area (Å²) in [7, 11) is 1.82. The van der Waals surface area contributed by atoms with Crippen LogP contribution in [0.5, 0.6) is 0 Å². The fourth-order valence-electron chi connectivity index (χ4n) is 3.79. The number of amides is 2. The second kappa shape index (κ2) is 5.35. The molecule has 0 unspecified atom stereocenters. The van der Waals surface area contributed by atoms with Crippen molar-refractivity contribution in [1.82, 2.24) is 9.80 Å². The van der Waals surface area contributed by atoms with E-state index in [1.807, 2.05) is 11.9 Å². The minimum Gasteiger partial charge on any atom is -0.361 e. The minimum atomic E-state index is -0.312. The third-order valence-corrected chi connectivity index (χ3v) is 5.06. The second-order valence-electron chi connectivity index (χ2n) is 6.64. The molecule has 0 aromatic heterocycles. The summed E-state index contributed by atoms with van der Waals surface area (Å²) < 4.78 is 5.77. The lowest BCUT2D eigenvalue weighted by Crippen LogP contribution is -2.54. The topological polar surface area (TPSA) is 49.9 Å². The van der Waals surface area contributed by atoms with Gasteiger partial charge in [-0.05, 0) is 25.2 Å². The SMILES string of the molecule is CN1C[C@]2(CCN(C(=O)CC3CCCC3)C2)OCC1=O. The summed E-state index contributed by atoms with van der Waals surface area (Å²) in [6, 6.07) is 0. The zero-order valence-electron chi connectivity index (χ0n) is 12.3. The first-order chi connectivity index (χ1) is 9.58. The second-order valence-corrected chi connectivity index (χ2v) is 6.64. The first kappa shape index (κ1) is 13.9. The van der Waals surface area contributed by atoms with Crippen LogP contribution in [0.25, 0.3) is 0 Å². The number of rotatable bonds is 2. The van der Waals surface area contributed by atoms with Crippen molar-refractivity contribution in [2.45, 2.75) is 44.1 Å². The van der Waals surface area contributed by atoms with Gasteiger partial charge in [0.25, 0.3) is 0 Å². The Balaban J connectivity index is 1.56. The van der Waals surface area contributed by atoms with Crippen molar-refractivity contribution in [3.05, 3.63) is 0 Å². The molecule has 20 heavy (non-hydrogen) atoms. The van der Waals surface area contributed by atoms with Crippen LogP contribution in [-0.4, -0.2) is 60.5 Å². The van der Waals surface area contributed by atoms with Gasteiger partial charge in [-0.3, -0.25) is 9.59 Å². The Labute approximate surface area is 120 Å². The Hall–Kier alpha value is -1.10. The highest BCUT2D eigenvalue weighted by Gasteiger charge is 2.45. The quantitative estimate of drug-likeness (QED) is 0.759. The van der Waals surface area contributed by atoms with Crippen LogP contribution in [0.2, 0.25) is 0 Å². The maximum Gasteiger partial charge on any atom is 0.248 e. The maximum absolute atomic E-state index is 12.4. The predicted octanol–water partition coefficient (Wildman–Crippen LogP) is 1.03. The van der Waals surface area contributed by atoms with Crippen LogP contribution < -0.4 is 0 Å². The number of morpholine rings is 1. The van der Waals surface area contributed by atoms with Crippen LogP contribution in [0.1, 0.15) is 38.5 Å². The Kier molecular flexibility index (Phi) is 3.71. The third kappa shape index (κ3) is 2.68. The molecule has 112 valence electrons. The third-order valence-electron chi connectivity index (χ3n) is 5.06. The molecule has 2 amide bonds. The fourth-order valence-corrected chi connectivity index (χ4v) is 3.79. The molecule has 3 rings (SSSR count). The van der Waals surface area contributed by atoms with E-state index in [2.05, 4.69) is 0 Å². The van der Waals surface area contributed by atoms with Crippen molar-refractivity contribution < 1.29 is 14.3 Å². The first-order valence-electron chi connectivity index (χ1n) is 7.74. The lowest BCUT2D eigenvalue weighted by molar-refractivity contribution is -0.159. The van der Waals surface area contributed by atoms with Gasteiger partial charge in [-0.1, -0.05) is 12.8 Å². The molecule has 0 aromatic carbocycles. The van der Waals surface area contributed by atoms with E-state index in [0.717, 1.165) is 13.0 Å². The summed E-state index contributed by atoms with van der Waals surface area (Å²) in [5.41, 5.74) is -0.312. The van der Waals surface area contributed by atoms with Gasteiger partial charge in [0, 0.05) is 20.0 Å². The number of nitrogens with zero attached hydrogens (tertiary/aromatic N) is 2. The Morgan fingerprint density at radius 2 is 2.10 bits per heavy atom. The monoisotopic (exact) mass is 280 g/mol. The summed E-state index contributed by atoms with van der Waals surface area (Å²) in [6.45, 7) is 2.18. The van der Waals surface area contributed by atoms with Crippen molar-refractivity contribution >= 4 is 11.8 Å². The normalized spacial score (nSPS) is 31.6. The van der Waals surface area contributed by atoms with Gasteiger partial charge in [0.2, 0.25) is 11.8 Å². The molecule has 1 aliphatic carbocycles. The standard InChI is InChI=1S/C15H24N2O3/c1-16-10-15(20-9-14(16)19)6-7-17(11-15)13(18)8-12-4-2-3-5-12/h12H,2-11H2,1H3/t15-/m0/s1. The lowest BCUT2D eigenvalue weighted by atomic mass is 10.0. The molecule has 1 saturated carbocycles. The highest BCUT2D eigenvalue weighted by Crippen LogP contribution is 2.32. The van der Waals surface area contributed by atoms with E-state index >= 15 is 0 Å². The Bertz CT molecular complexity index is 406. The molecular formula is C15H24N2O3. The van der Waals surface area contributed by atoms with Gasteiger partial charge in [-0.15, -0.1) is 0 Å². The van der Waals surface area contributed by atoms with Crippen LogP contribution in [0.4, 0.5) is 0 Å². The highest BCUT2D eigenvalue weighted by molar-refractivity contribution is 5.79. The van der Waals surface area contributed by atoms with Crippen LogP contribution >= 0.6 is 0 Å². The van der Waals surface area contributed by atoms with Gasteiger partial charge >= 0.3 is 0 Å². The molecule has 5 heteroatoms. The van der Waals surface area contributed by atoms with Gasteiger partial charge in [-0.25, -0.2) is 0 Å². The van der Waals surface area contributed by atoms with E-state index < -0.39 is 0 Å². The van der Waals surface area contributed by atoms with Gasteiger partial charge in [0.05, 0.1) is 13.1 Å². The largest absolute Gasteiger partial charge is 0.361 e. The molecule has 1 spiro atoms. The van der Waals surface area contributed by atoms with E-state index in [9.17, 15) is 9.59 Å². The Morgan fingerprint density at radius 3 is 2.80 bits per heavy atom. The summed E-state index contributed by atoms with van der Waals surface area (Å²) in [5.74, 6) is 0.902. The van der Waals surface area contributed by atoms with E-state index in [1.54, 1.807) is 4.90 Å². The molecular weight excluding hydrogens is 256 g/mol. The zero-order chi connectivity index (χ0) is 14.2. The molecule has 0 aromatic rings. The molecule has 2 saturated heterocycles. The maximum atomic E-state index is 12.4. The molecule has 2 heterocycles. The smallest absolute Gasteiger partial charge is 0.248 e. The van der Waals surface area contributed by atoms with E-state index in [4.69, 9.17) is 4.74 Å². The van der Waals surface area contributed by atoms with Crippen molar-refractivity contribution in [2.75, 3.05) is 33.3 Å². The summed E-state index contributed by atoms with van der Waals surface area (Å²) in [5, 5.41) is 0. The average Bonchev–Trinajstić information content (AvgIpc) is 3.05. The van der Waals surface area contributed by atoms with Gasteiger partial charge in [0.1, 0.15) is 12.2 Å². The van der Waals surface area contributed by atoms with E-state index in [-0.39, 0.29) is 24.0 Å². The van der Waals surface area contributed by atoms with Crippen molar-refractivity contribution in [1.29, 1.82) is 0 Å². The van der Waals surface area contributed by atoms with Crippen LogP contribution in [0, 0.1) is 5.92 Å². The first-order valence-corrected chi connectivity index (χ1v) is 7.74. The number of ether oxygens (including phenoxy) is 1. The predicted molar refractivity (Wildman–Crippen MR) is 74.1 cm³/mol. The lowest BCUT2D eigenvalue weighted by Gasteiger charge is -2.38. The van der Waals surface area contributed by atoms with Gasteiger partial charge in [-0.2, -0.15) is 0 Å². The number of hydrogen-bond donors (Lipinski definition) is 0. The van der Waals surface area contributed by atoms with Crippen LogP contribution in [0.3, 0.4) is 0 Å². The average molecular weight is 280 g/mol. The van der Waals surface area contributed by atoms with E-state index in [0.29, 0.717) is 25.4 Å². The summed E-state index contributed by atoms with van der Waals surface area (Å²) >= 11 is 0. The molecule has 1 atom stereocenters. The summed E-state index contributed by atoms with van der Waals surface area (Å²) in [4.78, 5) is 27.5. The molecule has 0 N–H and O–H groups in total. The molecule has 3 fully saturated rings. The molecule has 0 bridgehead atoms. The number of likely N-dealkylation sites (N-methyl/N-ethyl adjacent to an activating group) is 1. The van der Waals surface area contributed by atoms with Crippen molar-refractivity contribution in [3.8, 4) is 0 Å². The molecule has 2 aliphatic heterocycles. The van der Waals surface area contributed by atoms with Crippen LogP contribution in [-0.2, 0) is 14.3 Å². The van der Waals surface area contributed by atoms with E-state index in [1.165, 1.54) is 25.7 Å². The molecule has 0 radical (unpaired) electrons. The number of likely N-dealkylation sites (tertiary alicyclic amines) is 1. The fraction of sp³-hybridized carbons (Fsp3) is 0.867. The number of carbonyl (C=O) groups excluding carboxylic acids is 2. The van der Waals surface area contributed by atoms with Gasteiger partial charge in [0.15, 0.2) is 0 Å². The van der Waals surface area contributed by atoms with Crippen LogP contribution in [0.15, 0.2) is 0 Å². The Morgan fingerprint density at radius 1 is 1.35 bits per heavy atom. The molecule has 5 nitrogen and oxygen atoms in total. The number of hydrogen-bond acceptors (Lipinski definition) is 3. The number of carbonyl (C=O) groups is 2.